The molecule has 0 aliphatic carbocycles. The van der Waals surface area contributed by atoms with Gasteiger partial charge >= 0.3 is 0 Å². The van der Waals surface area contributed by atoms with E-state index in [2.05, 4.69) is 19.2 Å². The minimum Gasteiger partial charge on any atom is -0.412 e. The summed E-state index contributed by atoms with van der Waals surface area (Å²) in [6.07, 6.45) is 0. The SMILES string of the molecule is CC(C)=O.CCNCC.O. The molecule has 0 aliphatic heterocycles. The lowest BCUT2D eigenvalue weighted by molar-refractivity contribution is -0.114. The third kappa shape index (κ3) is 130. The Morgan fingerprint density at radius 1 is 1.20 bits per heavy atom. The van der Waals surface area contributed by atoms with Crippen LogP contribution in [0.1, 0.15) is 27.7 Å². The van der Waals surface area contributed by atoms with Crippen molar-refractivity contribution < 1.29 is 10.3 Å². The number of hydrogen-bond donors (Lipinski definition) is 1. The zero-order valence-electron chi connectivity index (χ0n) is 7.32. The lowest BCUT2D eigenvalue weighted by atomic mass is 10.6. The predicted octanol–water partition coefficient (Wildman–Crippen LogP) is 0.386. The first kappa shape index (κ1) is 16.3. The van der Waals surface area contributed by atoms with Gasteiger partial charge in [0.25, 0.3) is 0 Å². The van der Waals surface area contributed by atoms with E-state index in [4.69, 9.17) is 0 Å². The lowest BCUT2D eigenvalue weighted by Gasteiger charge is -1.86. The van der Waals surface area contributed by atoms with E-state index < -0.39 is 0 Å². The zero-order valence-corrected chi connectivity index (χ0v) is 7.32. The summed E-state index contributed by atoms with van der Waals surface area (Å²) < 4.78 is 0. The van der Waals surface area contributed by atoms with Gasteiger partial charge in [0.15, 0.2) is 0 Å². The topological polar surface area (TPSA) is 60.6 Å². The number of Topliss-reactive ketones (excluding diaryl/α,β-unsaturated/α-hetero) is 1. The quantitative estimate of drug-likeness (QED) is 0.617. The predicted molar refractivity (Wildman–Crippen MR) is 44.2 cm³/mol. The number of hydrogen-bond acceptors (Lipinski definition) is 2. The summed E-state index contributed by atoms with van der Waals surface area (Å²) in [6.45, 7) is 9.44. The van der Waals surface area contributed by atoms with E-state index in [9.17, 15) is 4.79 Å². The smallest absolute Gasteiger partial charge is 0.126 e. The van der Waals surface area contributed by atoms with Crippen molar-refractivity contribution in [2.24, 2.45) is 0 Å². The van der Waals surface area contributed by atoms with Crippen LogP contribution in [0.3, 0.4) is 0 Å². The molecule has 3 N–H and O–H groups in total. The van der Waals surface area contributed by atoms with Crippen LogP contribution < -0.4 is 5.32 Å². The molecule has 10 heavy (non-hydrogen) atoms. The number of rotatable bonds is 2. The van der Waals surface area contributed by atoms with Crippen molar-refractivity contribution in [3.63, 3.8) is 0 Å². The van der Waals surface area contributed by atoms with Gasteiger partial charge in [-0.05, 0) is 26.9 Å². The van der Waals surface area contributed by atoms with Crippen LogP contribution in [0, 0.1) is 0 Å². The van der Waals surface area contributed by atoms with Crippen molar-refractivity contribution in [1.82, 2.24) is 5.32 Å². The zero-order chi connectivity index (χ0) is 7.70. The fraction of sp³-hybridized carbons (Fsp3) is 0.857. The van der Waals surface area contributed by atoms with Crippen molar-refractivity contribution in [1.29, 1.82) is 0 Å². The normalized spacial score (nSPS) is 6.80. The Bertz CT molecular complexity index is 58.6. The molecule has 0 aromatic rings. The molecule has 0 aromatic heterocycles. The molecule has 3 nitrogen and oxygen atoms in total. The Morgan fingerprint density at radius 2 is 1.40 bits per heavy atom. The van der Waals surface area contributed by atoms with Crippen LogP contribution in [0.15, 0.2) is 0 Å². The minimum absolute atomic E-state index is 0. The minimum atomic E-state index is 0. The van der Waals surface area contributed by atoms with Crippen molar-refractivity contribution in [2.75, 3.05) is 13.1 Å². The van der Waals surface area contributed by atoms with E-state index in [1.807, 2.05) is 0 Å². The molecule has 0 aliphatic rings. The van der Waals surface area contributed by atoms with Gasteiger partial charge in [-0.2, -0.15) is 0 Å². The van der Waals surface area contributed by atoms with Crippen LogP contribution in [0.4, 0.5) is 0 Å². The molecule has 0 spiro atoms. The summed E-state index contributed by atoms with van der Waals surface area (Å²) in [5.41, 5.74) is 0. The third-order valence-electron chi connectivity index (χ3n) is 0.500. The van der Waals surface area contributed by atoms with Crippen LogP contribution in [-0.2, 0) is 4.79 Å². The highest BCUT2D eigenvalue weighted by atomic mass is 16.1. The van der Waals surface area contributed by atoms with Gasteiger partial charge in [-0.25, -0.2) is 0 Å². The van der Waals surface area contributed by atoms with Gasteiger partial charge in [-0.3, -0.25) is 0 Å². The van der Waals surface area contributed by atoms with Gasteiger partial charge in [-0.1, -0.05) is 13.8 Å². The lowest BCUT2D eigenvalue weighted by Crippen LogP contribution is -2.09. The van der Waals surface area contributed by atoms with E-state index in [1.165, 1.54) is 13.8 Å². The van der Waals surface area contributed by atoms with E-state index in [0.29, 0.717) is 0 Å². The summed E-state index contributed by atoms with van der Waals surface area (Å²) >= 11 is 0. The van der Waals surface area contributed by atoms with Crippen molar-refractivity contribution >= 4 is 5.78 Å². The number of ketones is 1. The molecular weight excluding hydrogens is 130 g/mol. The molecule has 0 amide bonds. The highest BCUT2D eigenvalue weighted by Gasteiger charge is 1.63. The maximum atomic E-state index is 9.44. The number of carbonyl (C=O) groups excluding carboxylic acids is 1. The Balaban J connectivity index is -0.0000000910. The summed E-state index contributed by atoms with van der Waals surface area (Å²) in [5, 5.41) is 3.11. The first-order valence-corrected chi connectivity index (χ1v) is 3.33. The number of nitrogens with one attached hydrogen (secondary N) is 1. The van der Waals surface area contributed by atoms with Crippen LogP contribution in [0.25, 0.3) is 0 Å². The fourth-order valence-corrected chi connectivity index (χ4v) is 0.250. The first-order chi connectivity index (χ1) is 4.15. The van der Waals surface area contributed by atoms with Gasteiger partial charge in [0.1, 0.15) is 5.78 Å². The van der Waals surface area contributed by atoms with Gasteiger partial charge in [0.2, 0.25) is 0 Å². The molecule has 0 fully saturated rings. The van der Waals surface area contributed by atoms with E-state index in [-0.39, 0.29) is 11.3 Å². The summed E-state index contributed by atoms with van der Waals surface area (Å²) in [7, 11) is 0. The van der Waals surface area contributed by atoms with E-state index in [0.717, 1.165) is 13.1 Å². The largest absolute Gasteiger partial charge is 0.412 e. The monoisotopic (exact) mass is 149 g/mol. The van der Waals surface area contributed by atoms with Gasteiger partial charge < -0.3 is 15.6 Å². The Hall–Kier alpha value is -0.410. The highest BCUT2D eigenvalue weighted by molar-refractivity contribution is 5.72. The van der Waals surface area contributed by atoms with Crippen LogP contribution in [0.5, 0.6) is 0 Å². The van der Waals surface area contributed by atoms with Crippen LogP contribution >= 0.6 is 0 Å². The molecule has 0 unspecified atom stereocenters. The number of carbonyl (C=O) groups is 1. The second-order valence-electron chi connectivity index (χ2n) is 1.87. The molecule has 0 aromatic carbocycles. The molecule has 0 radical (unpaired) electrons. The van der Waals surface area contributed by atoms with Crippen molar-refractivity contribution in [2.45, 2.75) is 27.7 Å². The van der Waals surface area contributed by atoms with Gasteiger partial charge in [0.05, 0.1) is 0 Å². The highest BCUT2D eigenvalue weighted by Crippen LogP contribution is 1.50. The molecule has 0 saturated carbocycles. The van der Waals surface area contributed by atoms with Crippen molar-refractivity contribution in [3.8, 4) is 0 Å². The average Bonchev–Trinajstić information content (AvgIpc) is 1.66. The maximum absolute atomic E-state index is 9.44. The van der Waals surface area contributed by atoms with E-state index >= 15 is 0 Å². The molecule has 0 heterocycles. The molecule has 64 valence electrons. The molecule has 0 rings (SSSR count). The van der Waals surface area contributed by atoms with Gasteiger partial charge in [0, 0.05) is 0 Å². The summed E-state index contributed by atoms with van der Waals surface area (Å²) in [6, 6.07) is 0. The standard InChI is InChI=1S/C4H11N.C3H6O.H2O/c1-3-5-4-2;1-3(2)4;/h5H,3-4H2,1-2H3;1-2H3;1H2. The molecular formula is C7H19NO2. The van der Waals surface area contributed by atoms with Gasteiger partial charge in [-0.15, -0.1) is 0 Å². The fourth-order valence-electron chi connectivity index (χ4n) is 0.250. The molecule has 0 atom stereocenters. The Kier molecular flexibility index (Phi) is 25.8. The van der Waals surface area contributed by atoms with Crippen LogP contribution in [-0.4, -0.2) is 24.3 Å². The molecule has 0 saturated heterocycles. The average molecular weight is 149 g/mol. The summed E-state index contributed by atoms with van der Waals surface area (Å²) in [5.74, 6) is 0.167. The third-order valence-corrected chi connectivity index (χ3v) is 0.500. The second kappa shape index (κ2) is 15.8. The Morgan fingerprint density at radius 3 is 1.40 bits per heavy atom. The van der Waals surface area contributed by atoms with Crippen LogP contribution in [0.2, 0.25) is 0 Å². The maximum Gasteiger partial charge on any atom is 0.126 e. The molecule has 0 bridgehead atoms. The Labute approximate surface area is 63.1 Å². The van der Waals surface area contributed by atoms with E-state index in [1.54, 1.807) is 0 Å². The summed E-state index contributed by atoms with van der Waals surface area (Å²) in [4.78, 5) is 9.44. The second-order valence-corrected chi connectivity index (χ2v) is 1.87. The van der Waals surface area contributed by atoms with Crippen molar-refractivity contribution in [3.05, 3.63) is 0 Å². The molecule has 3 heteroatoms. The first-order valence-electron chi connectivity index (χ1n) is 3.33.